The van der Waals surface area contributed by atoms with Crippen LogP contribution in [0.15, 0.2) is 84.1 Å². The van der Waals surface area contributed by atoms with Gasteiger partial charge >= 0.3 is 6.36 Å². The monoisotopic (exact) mass is 607 g/mol. The number of rotatable bonds is 10. The van der Waals surface area contributed by atoms with Crippen LogP contribution in [0.3, 0.4) is 0 Å². The van der Waals surface area contributed by atoms with E-state index in [0.29, 0.717) is 23.9 Å². The number of benzene rings is 3. The summed E-state index contributed by atoms with van der Waals surface area (Å²) in [6.07, 6.45) is -0.334. The Labute approximate surface area is 252 Å². The second-order valence-electron chi connectivity index (χ2n) is 10.4. The Morgan fingerprint density at radius 2 is 1.81 bits per heavy atom. The molecule has 43 heavy (non-hydrogen) atoms. The van der Waals surface area contributed by atoms with Gasteiger partial charge in [0.25, 0.3) is 0 Å². The fraction of sp³-hybridized carbons (Fsp3) is 0.312. The lowest BCUT2D eigenvalue weighted by Crippen LogP contribution is -2.25. The number of amidine groups is 1. The van der Waals surface area contributed by atoms with Gasteiger partial charge in [-0.1, -0.05) is 68.1 Å². The molecule has 1 unspecified atom stereocenters. The molecule has 1 saturated heterocycles. The zero-order valence-corrected chi connectivity index (χ0v) is 24.7. The normalized spacial score (nSPS) is 15.2. The number of aryl methyl sites for hydroxylation is 1. The molecule has 0 radical (unpaired) electrons. The largest absolute Gasteiger partial charge is 0.573 e. The molecule has 0 aliphatic carbocycles. The van der Waals surface area contributed by atoms with Gasteiger partial charge in [0.15, 0.2) is 11.0 Å². The third-order valence-electron chi connectivity index (χ3n) is 7.13. The third-order valence-corrected chi connectivity index (χ3v) is 8.09. The molecule has 224 valence electrons. The van der Waals surface area contributed by atoms with Crippen molar-refractivity contribution < 1.29 is 22.7 Å². The van der Waals surface area contributed by atoms with Crippen LogP contribution < -0.4 is 9.64 Å². The van der Waals surface area contributed by atoms with Crippen molar-refractivity contribution in [3.05, 3.63) is 90.3 Å². The first-order valence-electron chi connectivity index (χ1n) is 14.2. The minimum Gasteiger partial charge on any atom is -0.406 e. The smallest absolute Gasteiger partial charge is 0.406 e. The highest BCUT2D eigenvalue weighted by atomic mass is 32.2. The molecule has 4 aromatic rings. The van der Waals surface area contributed by atoms with Crippen LogP contribution in [0.2, 0.25) is 0 Å². The van der Waals surface area contributed by atoms with Gasteiger partial charge < -0.3 is 9.64 Å². The van der Waals surface area contributed by atoms with Crippen molar-refractivity contribution in [2.45, 2.75) is 45.9 Å². The summed E-state index contributed by atoms with van der Waals surface area (Å²) in [7, 11) is 0. The highest BCUT2D eigenvalue weighted by Crippen LogP contribution is 2.29. The number of carbonyl (C=O) groups excluding carboxylic acids is 1. The van der Waals surface area contributed by atoms with E-state index < -0.39 is 6.36 Å². The number of halogens is 3. The molecule has 3 aromatic carbocycles. The number of carbonyl (C=O) groups is 1. The molecule has 7 nitrogen and oxygen atoms in total. The van der Waals surface area contributed by atoms with Crippen LogP contribution >= 0.6 is 11.8 Å². The van der Waals surface area contributed by atoms with E-state index in [2.05, 4.69) is 50.7 Å². The summed E-state index contributed by atoms with van der Waals surface area (Å²) in [6.45, 7) is 5.12. The Morgan fingerprint density at radius 3 is 2.53 bits per heavy atom. The molecule has 1 fully saturated rings. The zero-order chi connectivity index (χ0) is 30.4. The predicted molar refractivity (Wildman–Crippen MR) is 164 cm³/mol. The van der Waals surface area contributed by atoms with Crippen molar-refractivity contribution >= 4 is 28.5 Å². The summed E-state index contributed by atoms with van der Waals surface area (Å²) in [5.41, 5.74) is 4.91. The summed E-state index contributed by atoms with van der Waals surface area (Å²) < 4.78 is 42.6. The maximum Gasteiger partial charge on any atom is 0.573 e. The first-order chi connectivity index (χ1) is 20.7. The van der Waals surface area contributed by atoms with E-state index >= 15 is 0 Å². The Balaban J connectivity index is 1.13. The summed E-state index contributed by atoms with van der Waals surface area (Å²) >= 11 is 1.63. The SMILES string of the molecule is CCc1ccccc1N1CCSC1=NC(=O)CCC(C)Cc1ccc(-c2ncn(-c3ccc(OC(F)(F)F)cc3)n2)cc1. The van der Waals surface area contributed by atoms with Gasteiger partial charge in [-0.25, -0.2) is 9.67 Å². The minimum atomic E-state index is -4.74. The van der Waals surface area contributed by atoms with Crippen molar-refractivity contribution in [3.63, 3.8) is 0 Å². The van der Waals surface area contributed by atoms with Gasteiger partial charge in [0, 0.05) is 30.0 Å². The number of anilines is 1. The Bertz CT molecular complexity index is 1570. The van der Waals surface area contributed by atoms with Crippen molar-refractivity contribution in [1.29, 1.82) is 0 Å². The number of nitrogens with zero attached hydrogens (tertiary/aromatic N) is 5. The van der Waals surface area contributed by atoms with Gasteiger partial charge in [-0.15, -0.1) is 18.3 Å². The number of alkyl halides is 3. The predicted octanol–water partition coefficient (Wildman–Crippen LogP) is 7.49. The van der Waals surface area contributed by atoms with E-state index in [1.807, 2.05) is 36.4 Å². The molecule has 1 atom stereocenters. The van der Waals surface area contributed by atoms with Crippen molar-refractivity contribution in [2.24, 2.45) is 10.9 Å². The van der Waals surface area contributed by atoms with Crippen LogP contribution in [0.1, 0.15) is 37.8 Å². The maximum absolute atomic E-state index is 12.8. The second-order valence-corrected chi connectivity index (χ2v) is 11.4. The Hall–Kier alpha value is -4.12. The van der Waals surface area contributed by atoms with Crippen molar-refractivity contribution in [1.82, 2.24) is 14.8 Å². The molecule has 2 heterocycles. The fourth-order valence-electron chi connectivity index (χ4n) is 4.94. The van der Waals surface area contributed by atoms with E-state index in [4.69, 9.17) is 0 Å². The molecule has 1 aliphatic rings. The van der Waals surface area contributed by atoms with Crippen LogP contribution in [0.4, 0.5) is 18.9 Å². The zero-order valence-electron chi connectivity index (χ0n) is 23.9. The Morgan fingerprint density at radius 1 is 1.07 bits per heavy atom. The molecule has 1 amide bonds. The van der Waals surface area contributed by atoms with Crippen molar-refractivity contribution in [3.8, 4) is 22.8 Å². The summed E-state index contributed by atoms with van der Waals surface area (Å²) in [4.78, 5) is 23.8. The minimum absolute atomic E-state index is 0.0882. The van der Waals surface area contributed by atoms with E-state index in [-0.39, 0.29) is 11.7 Å². The number of aliphatic imine (C=N–C) groups is 1. The lowest BCUT2D eigenvalue weighted by atomic mass is 9.96. The van der Waals surface area contributed by atoms with E-state index in [0.717, 1.165) is 53.5 Å². The third kappa shape index (κ3) is 8.04. The Kier molecular flexibility index (Phi) is 9.49. The van der Waals surface area contributed by atoms with Crippen LogP contribution in [-0.2, 0) is 17.6 Å². The topological polar surface area (TPSA) is 72.6 Å². The molecule has 0 bridgehead atoms. The number of hydrogen-bond donors (Lipinski definition) is 0. The lowest BCUT2D eigenvalue weighted by Gasteiger charge is -2.21. The van der Waals surface area contributed by atoms with E-state index in [9.17, 15) is 18.0 Å². The maximum atomic E-state index is 12.8. The van der Waals surface area contributed by atoms with Gasteiger partial charge in [0.05, 0.1) is 5.69 Å². The standard InChI is InChI=1S/C32H32F3N5O2S/c1-3-24-6-4-5-7-28(24)39-18-19-43-31(39)37-29(41)17-8-22(2)20-23-9-11-25(12-10-23)30-36-21-40(38-30)26-13-15-27(16-14-26)42-32(33,34)35/h4-7,9-16,21-22H,3,8,17-20H2,1-2H3. The van der Waals surface area contributed by atoms with Gasteiger partial charge in [-0.2, -0.15) is 4.99 Å². The number of amides is 1. The molecule has 1 aliphatic heterocycles. The fourth-order valence-corrected chi connectivity index (χ4v) is 5.91. The number of thioether (sulfide) groups is 1. The van der Waals surface area contributed by atoms with Gasteiger partial charge in [0.2, 0.25) is 5.91 Å². The highest BCUT2D eigenvalue weighted by molar-refractivity contribution is 8.14. The lowest BCUT2D eigenvalue weighted by molar-refractivity contribution is -0.274. The van der Waals surface area contributed by atoms with Gasteiger partial charge in [-0.3, -0.25) is 4.79 Å². The summed E-state index contributed by atoms with van der Waals surface area (Å²) in [6, 6.07) is 21.6. The quantitative estimate of drug-likeness (QED) is 0.186. The first kappa shape index (κ1) is 30.3. The highest BCUT2D eigenvalue weighted by Gasteiger charge is 2.31. The average Bonchev–Trinajstić information content (AvgIpc) is 3.66. The van der Waals surface area contributed by atoms with Crippen LogP contribution in [-0.4, -0.2) is 44.5 Å². The molecule has 0 saturated carbocycles. The number of hydrogen-bond acceptors (Lipinski definition) is 5. The summed E-state index contributed by atoms with van der Waals surface area (Å²) in [5.74, 6) is 1.33. The van der Waals surface area contributed by atoms with E-state index in [1.165, 1.54) is 40.8 Å². The van der Waals surface area contributed by atoms with Crippen LogP contribution in [0, 0.1) is 5.92 Å². The van der Waals surface area contributed by atoms with E-state index in [1.54, 1.807) is 11.8 Å². The second kappa shape index (κ2) is 13.5. The van der Waals surface area contributed by atoms with Gasteiger partial charge in [-0.05, 0) is 66.6 Å². The molecular formula is C32H32F3N5O2S. The number of para-hydroxylation sites is 1. The molecule has 0 spiro atoms. The molecule has 11 heteroatoms. The summed E-state index contributed by atoms with van der Waals surface area (Å²) in [5, 5.41) is 5.25. The number of aromatic nitrogens is 3. The van der Waals surface area contributed by atoms with Gasteiger partial charge in [0.1, 0.15) is 12.1 Å². The molecule has 1 aromatic heterocycles. The molecule has 0 N–H and O–H groups in total. The molecule has 5 rings (SSSR count). The first-order valence-corrected chi connectivity index (χ1v) is 15.1. The van der Waals surface area contributed by atoms with Crippen LogP contribution in [0.5, 0.6) is 5.75 Å². The molecular weight excluding hydrogens is 575 g/mol. The van der Waals surface area contributed by atoms with Crippen LogP contribution in [0.25, 0.3) is 17.1 Å². The average molecular weight is 608 g/mol. The van der Waals surface area contributed by atoms with Crippen molar-refractivity contribution in [2.75, 3.05) is 17.2 Å². The number of ether oxygens (including phenoxy) is 1.